The monoisotopic (exact) mass is 452 g/mol. The Bertz CT molecular complexity index is 1210. The summed E-state index contributed by atoms with van der Waals surface area (Å²) in [6.07, 6.45) is 3.25. The van der Waals surface area contributed by atoms with E-state index in [1.165, 1.54) is 30.5 Å². The van der Waals surface area contributed by atoms with E-state index < -0.39 is 10.0 Å². The fourth-order valence-electron chi connectivity index (χ4n) is 2.84. The smallest absolute Gasteiger partial charge is 0.261 e. The highest BCUT2D eigenvalue weighted by molar-refractivity contribution is 7.92. The number of rotatable bonds is 8. The van der Waals surface area contributed by atoms with Gasteiger partial charge in [0.05, 0.1) is 16.8 Å². The maximum Gasteiger partial charge on any atom is 0.261 e. The highest BCUT2D eigenvalue weighted by Gasteiger charge is 2.15. The number of aromatic nitrogens is 1. The van der Waals surface area contributed by atoms with E-state index in [4.69, 9.17) is 0 Å². The number of hydrogen-bond acceptors (Lipinski definition) is 5. The van der Waals surface area contributed by atoms with Gasteiger partial charge in [-0.25, -0.2) is 8.42 Å². The van der Waals surface area contributed by atoms with Crippen molar-refractivity contribution in [2.45, 2.75) is 25.2 Å². The molecule has 1 heterocycles. The number of pyridine rings is 1. The van der Waals surface area contributed by atoms with E-state index in [2.05, 4.69) is 20.3 Å². The van der Waals surface area contributed by atoms with Crippen molar-refractivity contribution in [3.63, 3.8) is 0 Å². The molecule has 0 aliphatic carbocycles. The molecule has 8 nitrogen and oxygen atoms in total. The van der Waals surface area contributed by atoms with E-state index in [0.717, 1.165) is 11.1 Å². The van der Waals surface area contributed by atoms with Crippen LogP contribution < -0.4 is 15.4 Å². The van der Waals surface area contributed by atoms with Crippen molar-refractivity contribution >= 4 is 33.2 Å². The van der Waals surface area contributed by atoms with E-state index >= 15 is 0 Å². The highest BCUT2D eigenvalue weighted by atomic mass is 32.2. The number of sulfonamides is 1. The quantitative estimate of drug-likeness (QED) is 0.485. The summed E-state index contributed by atoms with van der Waals surface area (Å²) in [5, 5.41) is 5.35. The lowest BCUT2D eigenvalue weighted by Crippen LogP contribution is -2.27. The molecule has 3 rings (SSSR count). The van der Waals surface area contributed by atoms with Gasteiger partial charge in [-0.2, -0.15) is 0 Å². The number of carbonyl (C=O) groups is 2. The summed E-state index contributed by atoms with van der Waals surface area (Å²) in [6, 6.07) is 14.4. The molecule has 0 aliphatic rings. The van der Waals surface area contributed by atoms with Gasteiger partial charge in [-0.15, -0.1) is 0 Å². The summed E-state index contributed by atoms with van der Waals surface area (Å²) in [7, 11) is -3.73. The molecule has 3 N–H and O–H groups in total. The van der Waals surface area contributed by atoms with E-state index in [0.29, 0.717) is 16.9 Å². The summed E-state index contributed by atoms with van der Waals surface area (Å²) < 4.78 is 27.7. The molecule has 0 fully saturated rings. The van der Waals surface area contributed by atoms with Gasteiger partial charge in [0.15, 0.2) is 0 Å². The number of benzene rings is 2. The minimum atomic E-state index is -3.73. The zero-order valence-electron chi connectivity index (χ0n) is 17.8. The van der Waals surface area contributed by atoms with E-state index in [-0.39, 0.29) is 29.7 Å². The number of amides is 2. The molecule has 2 aromatic carbocycles. The molecule has 0 saturated carbocycles. The molecule has 1 aromatic heterocycles. The third kappa shape index (κ3) is 6.14. The van der Waals surface area contributed by atoms with Crippen LogP contribution in [-0.2, 0) is 14.8 Å². The van der Waals surface area contributed by atoms with Crippen molar-refractivity contribution in [2.75, 3.05) is 16.6 Å². The zero-order chi connectivity index (χ0) is 23.1. The Kier molecular flexibility index (Phi) is 7.21. The molecule has 166 valence electrons. The molecule has 0 atom stereocenters. The predicted molar refractivity (Wildman–Crippen MR) is 123 cm³/mol. The third-order valence-electron chi connectivity index (χ3n) is 4.77. The van der Waals surface area contributed by atoms with Crippen LogP contribution in [0.2, 0.25) is 0 Å². The van der Waals surface area contributed by atoms with Crippen molar-refractivity contribution in [1.29, 1.82) is 0 Å². The molecule has 0 aliphatic heterocycles. The normalized spacial score (nSPS) is 10.9. The molecule has 9 heteroatoms. The number of anilines is 2. The van der Waals surface area contributed by atoms with Gasteiger partial charge >= 0.3 is 0 Å². The number of hydrogen-bond donors (Lipinski definition) is 3. The molecule has 0 saturated heterocycles. The van der Waals surface area contributed by atoms with Crippen molar-refractivity contribution in [3.8, 4) is 0 Å². The summed E-state index contributed by atoms with van der Waals surface area (Å²) in [5.41, 5.74) is 3.17. The Balaban J connectivity index is 1.52. The SMILES string of the molecule is Cc1ccc(S(=O)(=O)Nc2ccc(C(=O)NCCC(=O)Nc3cccnc3)cc2)cc1C. The first kappa shape index (κ1) is 23.0. The zero-order valence-corrected chi connectivity index (χ0v) is 18.6. The largest absolute Gasteiger partial charge is 0.352 e. The van der Waals surface area contributed by atoms with Crippen LogP contribution in [0, 0.1) is 13.8 Å². The fraction of sp³-hybridized carbons (Fsp3) is 0.174. The van der Waals surface area contributed by atoms with E-state index in [1.807, 2.05) is 13.8 Å². The van der Waals surface area contributed by atoms with Crippen LogP contribution in [-0.4, -0.2) is 31.8 Å². The van der Waals surface area contributed by atoms with Gasteiger partial charge in [0.2, 0.25) is 5.91 Å². The molecule has 0 spiro atoms. The molecule has 0 radical (unpaired) electrons. The summed E-state index contributed by atoms with van der Waals surface area (Å²) in [6.45, 7) is 3.92. The molecular weight excluding hydrogens is 428 g/mol. The van der Waals surface area contributed by atoms with E-state index in [9.17, 15) is 18.0 Å². The molecular formula is C23H24N4O4S. The van der Waals surface area contributed by atoms with Gasteiger partial charge in [0, 0.05) is 30.4 Å². The second-order valence-corrected chi connectivity index (χ2v) is 8.91. The Morgan fingerprint density at radius 2 is 1.69 bits per heavy atom. The number of aryl methyl sites for hydroxylation is 2. The topological polar surface area (TPSA) is 117 Å². The van der Waals surface area contributed by atoms with Crippen molar-refractivity contribution in [3.05, 3.63) is 83.7 Å². The molecule has 2 amide bonds. The number of nitrogens with one attached hydrogen (secondary N) is 3. The minimum Gasteiger partial charge on any atom is -0.352 e. The van der Waals surface area contributed by atoms with Crippen molar-refractivity contribution in [2.24, 2.45) is 0 Å². The van der Waals surface area contributed by atoms with Crippen LogP contribution >= 0.6 is 0 Å². The Morgan fingerprint density at radius 3 is 2.34 bits per heavy atom. The van der Waals surface area contributed by atoms with Gasteiger partial charge in [0.25, 0.3) is 15.9 Å². The molecule has 0 unspecified atom stereocenters. The summed E-state index contributed by atoms with van der Waals surface area (Å²) in [4.78, 5) is 28.3. The van der Waals surface area contributed by atoms with Crippen LogP contribution in [0.25, 0.3) is 0 Å². The standard InChI is InChI=1S/C23H24N4O4S/c1-16-5-10-21(14-17(16)2)32(30,31)27-19-8-6-18(7-9-19)23(29)25-13-11-22(28)26-20-4-3-12-24-15-20/h3-10,12,14-15,27H,11,13H2,1-2H3,(H,25,29)(H,26,28). The van der Waals surface area contributed by atoms with Crippen LogP contribution in [0.1, 0.15) is 27.9 Å². The van der Waals surface area contributed by atoms with Gasteiger partial charge in [-0.3, -0.25) is 19.3 Å². The third-order valence-corrected chi connectivity index (χ3v) is 6.15. The Morgan fingerprint density at radius 1 is 0.938 bits per heavy atom. The van der Waals surface area contributed by atoms with E-state index in [1.54, 1.807) is 36.5 Å². The van der Waals surface area contributed by atoms with Crippen LogP contribution in [0.15, 0.2) is 71.9 Å². The van der Waals surface area contributed by atoms with Gasteiger partial charge in [0.1, 0.15) is 0 Å². The highest BCUT2D eigenvalue weighted by Crippen LogP contribution is 2.19. The maximum absolute atomic E-state index is 12.6. The second-order valence-electron chi connectivity index (χ2n) is 7.22. The minimum absolute atomic E-state index is 0.106. The number of nitrogens with zero attached hydrogens (tertiary/aromatic N) is 1. The van der Waals surface area contributed by atoms with Crippen LogP contribution in [0.4, 0.5) is 11.4 Å². The first-order chi connectivity index (χ1) is 15.2. The van der Waals surface area contributed by atoms with Gasteiger partial charge in [-0.05, 0) is 73.5 Å². The van der Waals surface area contributed by atoms with Crippen molar-refractivity contribution in [1.82, 2.24) is 10.3 Å². The molecule has 3 aromatic rings. The second kappa shape index (κ2) is 10.1. The summed E-state index contributed by atoms with van der Waals surface area (Å²) in [5.74, 6) is -0.600. The van der Waals surface area contributed by atoms with Gasteiger partial charge in [-0.1, -0.05) is 6.07 Å². The number of carbonyl (C=O) groups excluding carboxylic acids is 2. The van der Waals surface area contributed by atoms with Gasteiger partial charge < -0.3 is 10.6 Å². The lowest BCUT2D eigenvalue weighted by atomic mass is 10.1. The van der Waals surface area contributed by atoms with Crippen LogP contribution in [0.3, 0.4) is 0 Å². The Labute approximate surface area is 187 Å². The fourth-order valence-corrected chi connectivity index (χ4v) is 3.98. The lowest BCUT2D eigenvalue weighted by molar-refractivity contribution is -0.116. The predicted octanol–water partition coefficient (Wildman–Crippen LogP) is 3.26. The van der Waals surface area contributed by atoms with Crippen molar-refractivity contribution < 1.29 is 18.0 Å². The average Bonchev–Trinajstić information content (AvgIpc) is 2.76. The van der Waals surface area contributed by atoms with Crippen LogP contribution in [0.5, 0.6) is 0 Å². The molecule has 0 bridgehead atoms. The maximum atomic E-state index is 12.6. The first-order valence-electron chi connectivity index (χ1n) is 9.93. The first-order valence-corrected chi connectivity index (χ1v) is 11.4. The summed E-state index contributed by atoms with van der Waals surface area (Å²) >= 11 is 0. The average molecular weight is 453 g/mol. The lowest BCUT2D eigenvalue weighted by Gasteiger charge is -2.11. The Hall–Kier alpha value is -3.72. The molecule has 32 heavy (non-hydrogen) atoms.